The van der Waals surface area contributed by atoms with Crippen molar-refractivity contribution in [1.29, 1.82) is 0 Å². The summed E-state index contributed by atoms with van der Waals surface area (Å²) in [7, 11) is 0. The van der Waals surface area contributed by atoms with Gasteiger partial charge in [-0.2, -0.15) is 0 Å². The van der Waals surface area contributed by atoms with Gasteiger partial charge in [-0.15, -0.1) is 0 Å². The molecule has 10 rings (SSSR count). The molecule has 1 heteroatoms. The number of benzene rings is 8. The normalized spacial score (nSPS) is 14.4. The van der Waals surface area contributed by atoms with Gasteiger partial charge >= 0.3 is 0 Å². The molecule has 0 saturated carbocycles. The second kappa shape index (κ2) is 11.3. The minimum atomic E-state index is -0.497. The topological polar surface area (TPSA) is 3.24 Å². The molecule has 0 unspecified atom stereocenters. The highest BCUT2D eigenvalue weighted by Gasteiger charge is 2.52. The number of anilines is 3. The molecule has 1 nitrogen and oxygen atoms in total. The fraction of sp³-hybridized carbons (Fsp3) is 0.0204. The molecule has 0 saturated heterocycles. The molecule has 234 valence electrons. The van der Waals surface area contributed by atoms with Crippen LogP contribution in [0.5, 0.6) is 0 Å². The molecule has 0 bridgehead atoms. The van der Waals surface area contributed by atoms with Crippen molar-refractivity contribution in [3.05, 3.63) is 222 Å². The number of rotatable bonds is 5. The van der Waals surface area contributed by atoms with Crippen molar-refractivity contribution in [2.24, 2.45) is 0 Å². The van der Waals surface area contributed by atoms with Crippen LogP contribution in [0.3, 0.4) is 0 Å². The van der Waals surface area contributed by atoms with Crippen LogP contribution in [0.25, 0.3) is 44.5 Å². The molecule has 50 heavy (non-hydrogen) atoms. The van der Waals surface area contributed by atoms with Crippen LogP contribution in [0.4, 0.5) is 17.1 Å². The molecule has 2 aliphatic rings. The first-order valence-corrected chi connectivity index (χ1v) is 17.0. The van der Waals surface area contributed by atoms with Gasteiger partial charge in [0.15, 0.2) is 0 Å². The third-order valence-corrected chi connectivity index (χ3v) is 10.4. The first-order valence-electron chi connectivity index (χ1n) is 19.5. The highest BCUT2D eigenvalue weighted by Crippen LogP contribution is 2.64. The molecule has 0 N–H and O–H groups in total. The van der Waals surface area contributed by atoms with E-state index in [1.165, 1.54) is 38.9 Å². The predicted octanol–water partition coefficient (Wildman–Crippen LogP) is 12.8. The van der Waals surface area contributed by atoms with Crippen molar-refractivity contribution >= 4 is 17.1 Å². The van der Waals surface area contributed by atoms with Gasteiger partial charge in [-0.3, -0.25) is 0 Å². The Bertz CT molecular complexity index is 2740. The van der Waals surface area contributed by atoms with Crippen molar-refractivity contribution in [2.75, 3.05) is 4.90 Å². The van der Waals surface area contributed by atoms with E-state index < -0.39 is 11.5 Å². The van der Waals surface area contributed by atoms with E-state index in [0.717, 1.165) is 33.8 Å². The molecular weight excluding hydrogens is 603 g/mol. The summed E-state index contributed by atoms with van der Waals surface area (Å²) in [5.74, 6) is 0. The summed E-state index contributed by atoms with van der Waals surface area (Å²) in [6, 6.07) is 58.2. The van der Waals surface area contributed by atoms with Gasteiger partial charge in [0.05, 0.1) is 18.0 Å². The van der Waals surface area contributed by atoms with Crippen molar-refractivity contribution in [2.45, 2.75) is 5.41 Å². The zero-order valence-corrected chi connectivity index (χ0v) is 27.1. The van der Waals surface area contributed by atoms with Gasteiger partial charge in [0.2, 0.25) is 0 Å². The third kappa shape index (κ3) is 4.14. The Hall–Kier alpha value is -6.44. The van der Waals surface area contributed by atoms with Crippen LogP contribution in [0.1, 0.15) is 29.1 Å². The Morgan fingerprint density at radius 3 is 1.42 bits per heavy atom. The second-order valence-corrected chi connectivity index (χ2v) is 12.9. The van der Waals surface area contributed by atoms with Crippen LogP contribution < -0.4 is 4.90 Å². The van der Waals surface area contributed by atoms with Crippen molar-refractivity contribution in [1.82, 2.24) is 0 Å². The minimum absolute atomic E-state index is 0.186. The molecule has 0 aromatic heterocycles. The molecule has 2 aliphatic carbocycles. The SMILES string of the molecule is [2H]c1c([2H])c([2H])c(-c2ccc(N(c3ccc(-c4ccccc4)cc3)c3cccc4c3-c3ccccc3C43c4ccccc4-c4ccccc43)cc2)c([2H])c1[2H]. The Balaban J connectivity index is 1.21. The van der Waals surface area contributed by atoms with E-state index in [1.54, 1.807) is 0 Å². The van der Waals surface area contributed by atoms with Crippen LogP contribution in [0.2, 0.25) is 0 Å². The van der Waals surface area contributed by atoms with E-state index in [2.05, 4.69) is 132 Å². The van der Waals surface area contributed by atoms with Gasteiger partial charge in [-0.25, -0.2) is 0 Å². The lowest BCUT2D eigenvalue weighted by atomic mass is 9.70. The van der Waals surface area contributed by atoms with Gasteiger partial charge in [0.25, 0.3) is 0 Å². The molecular formula is C49H33N. The van der Waals surface area contributed by atoms with E-state index in [4.69, 9.17) is 6.85 Å². The van der Waals surface area contributed by atoms with Gasteiger partial charge < -0.3 is 4.90 Å². The van der Waals surface area contributed by atoms with E-state index in [-0.39, 0.29) is 29.7 Å². The molecule has 8 aromatic carbocycles. The summed E-state index contributed by atoms with van der Waals surface area (Å²) in [6.45, 7) is 0. The largest absolute Gasteiger partial charge is 0.310 e. The standard InChI is InChI=1S/C49H33N/c1-3-14-34(15-4-1)36-26-30-38(31-27-36)50(39-32-28-37(29-33-39)35-16-5-2-6-17-35)47-25-13-24-46-48(47)42-20-9-12-23-45(42)49(46)43-21-10-7-18-40(43)41-19-8-11-22-44(41)49/h1-33H/i1D,3D,4D,14D,15D. The maximum Gasteiger partial charge on any atom is 0.0726 e. The predicted molar refractivity (Wildman–Crippen MR) is 208 cm³/mol. The van der Waals surface area contributed by atoms with E-state index >= 15 is 0 Å². The molecule has 0 fully saturated rings. The maximum atomic E-state index is 8.62. The lowest BCUT2D eigenvalue weighted by Crippen LogP contribution is -2.26. The molecule has 0 radical (unpaired) electrons. The fourth-order valence-electron chi connectivity index (χ4n) is 8.34. The van der Waals surface area contributed by atoms with Crippen LogP contribution in [-0.4, -0.2) is 0 Å². The van der Waals surface area contributed by atoms with Gasteiger partial charge in [0, 0.05) is 16.9 Å². The number of nitrogens with zero attached hydrogens (tertiary/aromatic N) is 1. The Labute approximate surface area is 300 Å². The highest BCUT2D eigenvalue weighted by molar-refractivity contribution is 6.01. The summed E-state index contributed by atoms with van der Waals surface area (Å²) in [5.41, 5.74) is 15.2. The van der Waals surface area contributed by atoms with Crippen LogP contribution in [-0.2, 0) is 5.41 Å². The summed E-state index contributed by atoms with van der Waals surface area (Å²) in [5, 5.41) is 0. The number of hydrogen-bond acceptors (Lipinski definition) is 1. The van der Waals surface area contributed by atoms with Gasteiger partial charge in [-0.1, -0.05) is 170 Å². The molecule has 8 aromatic rings. The van der Waals surface area contributed by atoms with Crippen molar-refractivity contribution < 1.29 is 6.85 Å². The quantitative estimate of drug-likeness (QED) is 0.181. The van der Waals surface area contributed by atoms with E-state index in [0.29, 0.717) is 5.56 Å². The van der Waals surface area contributed by atoms with Crippen molar-refractivity contribution in [3.63, 3.8) is 0 Å². The summed E-state index contributed by atoms with van der Waals surface area (Å²) < 4.78 is 41.9. The first-order chi connectivity index (χ1) is 26.9. The van der Waals surface area contributed by atoms with Gasteiger partial charge in [0.1, 0.15) is 0 Å². The average molecular weight is 641 g/mol. The monoisotopic (exact) mass is 640 g/mol. The Morgan fingerprint density at radius 1 is 0.360 bits per heavy atom. The lowest BCUT2D eigenvalue weighted by Gasteiger charge is -2.32. The smallest absolute Gasteiger partial charge is 0.0726 e. The Morgan fingerprint density at radius 2 is 0.820 bits per heavy atom. The van der Waals surface area contributed by atoms with Crippen molar-refractivity contribution in [3.8, 4) is 44.5 Å². The lowest BCUT2D eigenvalue weighted by molar-refractivity contribution is 0.794. The number of hydrogen-bond donors (Lipinski definition) is 0. The molecule has 0 aliphatic heterocycles. The average Bonchev–Trinajstić information content (AvgIpc) is 3.71. The molecule has 0 amide bonds. The van der Waals surface area contributed by atoms with Crippen LogP contribution in [0, 0.1) is 0 Å². The summed E-state index contributed by atoms with van der Waals surface area (Å²) in [6.07, 6.45) is 0. The zero-order chi connectivity index (χ0) is 37.4. The van der Waals surface area contributed by atoms with Crippen LogP contribution >= 0.6 is 0 Å². The zero-order valence-electron chi connectivity index (χ0n) is 32.1. The first kappa shape index (κ1) is 23.8. The second-order valence-electron chi connectivity index (χ2n) is 12.9. The van der Waals surface area contributed by atoms with E-state index in [1.807, 2.05) is 42.5 Å². The third-order valence-electron chi connectivity index (χ3n) is 10.4. The number of fused-ring (bicyclic) bond motifs is 10. The Kier molecular flexibility index (Phi) is 5.40. The molecule has 0 heterocycles. The summed E-state index contributed by atoms with van der Waals surface area (Å²) in [4.78, 5) is 2.28. The van der Waals surface area contributed by atoms with E-state index in [9.17, 15) is 0 Å². The molecule has 0 atom stereocenters. The fourth-order valence-corrected chi connectivity index (χ4v) is 8.34. The maximum absolute atomic E-state index is 8.62. The highest BCUT2D eigenvalue weighted by atomic mass is 15.1. The van der Waals surface area contributed by atoms with Crippen LogP contribution in [0.15, 0.2) is 200 Å². The van der Waals surface area contributed by atoms with Gasteiger partial charge in [-0.05, 0) is 91.5 Å². The minimum Gasteiger partial charge on any atom is -0.310 e. The summed E-state index contributed by atoms with van der Waals surface area (Å²) >= 11 is 0. The molecule has 1 spiro atoms.